The molecule has 0 aliphatic heterocycles. The van der Waals surface area contributed by atoms with E-state index in [0.29, 0.717) is 0 Å². The molecule has 0 fully saturated rings. The first-order valence-electron chi connectivity index (χ1n) is 6.39. The van der Waals surface area contributed by atoms with Crippen LogP contribution in [0.1, 0.15) is 59.3 Å². The van der Waals surface area contributed by atoms with Gasteiger partial charge in [0.1, 0.15) is 0 Å². The first-order chi connectivity index (χ1) is 6.70. The Kier molecular flexibility index (Phi) is 9.49. The van der Waals surface area contributed by atoms with E-state index in [9.17, 15) is 0 Å². The zero-order valence-corrected chi connectivity index (χ0v) is 10.7. The van der Waals surface area contributed by atoms with E-state index < -0.39 is 0 Å². The van der Waals surface area contributed by atoms with Crippen LogP contribution in [-0.4, -0.2) is 25.0 Å². The second-order valence-electron chi connectivity index (χ2n) is 4.69. The Labute approximate surface area is 90.9 Å². The minimum Gasteiger partial charge on any atom is -0.306 e. The Morgan fingerprint density at radius 1 is 0.929 bits per heavy atom. The van der Waals surface area contributed by atoms with Crippen molar-refractivity contribution in [3.05, 3.63) is 0 Å². The predicted octanol–water partition coefficient (Wildman–Crippen LogP) is 3.93. The normalized spacial score (nSPS) is 13.5. The third kappa shape index (κ3) is 8.55. The van der Waals surface area contributed by atoms with Crippen LogP contribution in [0.25, 0.3) is 0 Å². The van der Waals surface area contributed by atoms with Crippen LogP contribution in [0.5, 0.6) is 0 Å². The second-order valence-corrected chi connectivity index (χ2v) is 4.69. The van der Waals surface area contributed by atoms with E-state index in [-0.39, 0.29) is 0 Å². The highest BCUT2D eigenvalue weighted by molar-refractivity contribution is 4.57. The van der Waals surface area contributed by atoms with Crippen LogP contribution in [0.3, 0.4) is 0 Å². The van der Waals surface area contributed by atoms with Crippen LogP contribution in [-0.2, 0) is 0 Å². The van der Waals surface area contributed by atoms with Crippen LogP contribution in [0.2, 0.25) is 0 Å². The Bertz CT molecular complexity index is 112. The summed E-state index contributed by atoms with van der Waals surface area (Å²) in [6.07, 6.45) is 8.18. The third-order valence-electron chi connectivity index (χ3n) is 2.93. The van der Waals surface area contributed by atoms with Gasteiger partial charge in [-0.05, 0) is 38.9 Å². The molecule has 0 bridgehead atoms. The van der Waals surface area contributed by atoms with Crippen molar-refractivity contribution < 1.29 is 0 Å². The molecule has 1 unspecified atom stereocenters. The average molecular weight is 199 g/mol. The molecular formula is C13H29N. The van der Waals surface area contributed by atoms with Crippen LogP contribution in [0.4, 0.5) is 0 Å². The summed E-state index contributed by atoms with van der Waals surface area (Å²) < 4.78 is 0. The Morgan fingerprint density at radius 3 is 2.21 bits per heavy atom. The molecule has 0 aromatic heterocycles. The molecule has 0 aliphatic carbocycles. The van der Waals surface area contributed by atoms with Gasteiger partial charge in [-0.1, -0.05) is 46.5 Å². The molecule has 86 valence electrons. The van der Waals surface area contributed by atoms with Gasteiger partial charge in [0.2, 0.25) is 0 Å². The number of hydrogen-bond acceptors (Lipinski definition) is 1. The molecular weight excluding hydrogens is 170 g/mol. The van der Waals surface area contributed by atoms with Crippen LogP contribution in [0, 0.1) is 5.92 Å². The van der Waals surface area contributed by atoms with Crippen molar-refractivity contribution in [1.29, 1.82) is 0 Å². The molecule has 0 rings (SSSR count). The highest BCUT2D eigenvalue weighted by Crippen LogP contribution is 2.10. The SMILES string of the molecule is CCCCCN(C)CCC(C)CCC. The van der Waals surface area contributed by atoms with Gasteiger partial charge in [-0.15, -0.1) is 0 Å². The van der Waals surface area contributed by atoms with Gasteiger partial charge in [0.05, 0.1) is 0 Å². The van der Waals surface area contributed by atoms with Crippen molar-refractivity contribution in [2.24, 2.45) is 5.92 Å². The molecule has 0 saturated carbocycles. The molecule has 0 N–H and O–H groups in total. The summed E-state index contributed by atoms with van der Waals surface area (Å²) in [5.74, 6) is 0.911. The van der Waals surface area contributed by atoms with Crippen LogP contribution in [0.15, 0.2) is 0 Å². The fraction of sp³-hybridized carbons (Fsp3) is 1.00. The summed E-state index contributed by atoms with van der Waals surface area (Å²) in [6, 6.07) is 0. The van der Waals surface area contributed by atoms with Gasteiger partial charge < -0.3 is 4.90 Å². The summed E-state index contributed by atoms with van der Waals surface area (Å²) in [5, 5.41) is 0. The van der Waals surface area contributed by atoms with E-state index >= 15 is 0 Å². The van der Waals surface area contributed by atoms with Crippen LogP contribution < -0.4 is 0 Å². The van der Waals surface area contributed by atoms with E-state index in [4.69, 9.17) is 0 Å². The minimum atomic E-state index is 0.911. The maximum Gasteiger partial charge on any atom is -0.00192 e. The molecule has 0 aromatic rings. The lowest BCUT2D eigenvalue weighted by Gasteiger charge is -2.18. The van der Waals surface area contributed by atoms with Gasteiger partial charge in [0.25, 0.3) is 0 Å². The first-order valence-corrected chi connectivity index (χ1v) is 6.39. The quantitative estimate of drug-likeness (QED) is 0.508. The molecule has 0 heterocycles. The Balaban J connectivity index is 3.29. The highest BCUT2D eigenvalue weighted by Gasteiger charge is 2.03. The molecule has 1 heteroatoms. The monoisotopic (exact) mass is 199 g/mol. The lowest BCUT2D eigenvalue weighted by molar-refractivity contribution is 0.294. The molecule has 0 saturated heterocycles. The van der Waals surface area contributed by atoms with Gasteiger partial charge in [-0.25, -0.2) is 0 Å². The van der Waals surface area contributed by atoms with Crippen molar-refractivity contribution in [3.63, 3.8) is 0 Å². The molecule has 0 spiro atoms. The molecule has 1 nitrogen and oxygen atoms in total. The summed E-state index contributed by atoms with van der Waals surface area (Å²) in [4.78, 5) is 2.49. The lowest BCUT2D eigenvalue weighted by Crippen LogP contribution is -2.22. The van der Waals surface area contributed by atoms with Crippen molar-refractivity contribution in [3.8, 4) is 0 Å². The number of nitrogens with zero attached hydrogens (tertiary/aromatic N) is 1. The molecule has 0 aromatic carbocycles. The topological polar surface area (TPSA) is 3.24 Å². The van der Waals surface area contributed by atoms with E-state index in [0.717, 1.165) is 5.92 Å². The molecule has 14 heavy (non-hydrogen) atoms. The van der Waals surface area contributed by atoms with E-state index in [1.165, 1.54) is 51.6 Å². The maximum atomic E-state index is 2.49. The largest absolute Gasteiger partial charge is 0.306 e. The van der Waals surface area contributed by atoms with Gasteiger partial charge in [-0.2, -0.15) is 0 Å². The zero-order valence-electron chi connectivity index (χ0n) is 10.7. The van der Waals surface area contributed by atoms with Gasteiger partial charge in [-0.3, -0.25) is 0 Å². The van der Waals surface area contributed by atoms with E-state index in [1.54, 1.807) is 0 Å². The standard InChI is InChI=1S/C13H29N/c1-5-7-8-11-14(4)12-10-13(3)9-6-2/h13H,5-12H2,1-4H3. The summed E-state index contributed by atoms with van der Waals surface area (Å²) >= 11 is 0. The highest BCUT2D eigenvalue weighted by atomic mass is 15.1. The summed E-state index contributed by atoms with van der Waals surface area (Å²) in [7, 11) is 2.26. The number of hydrogen-bond donors (Lipinski definition) is 0. The smallest absolute Gasteiger partial charge is 0.00192 e. The molecule has 0 amide bonds. The summed E-state index contributed by atoms with van der Waals surface area (Å²) in [5.41, 5.74) is 0. The maximum absolute atomic E-state index is 2.49. The predicted molar refractivity (Wildman–Crippen MR) is 65.7 cm³/mol. The fourth-order valence-electron chi connectivity index (χ4n) is 1.82. The number of rotatable bonds is 9. The second kappa shape index (κ2) is 9.51. The lowest BCUT2D eigenvalue weighted by atomic mass is 10.0. The van der Waals surface area contributed by atoms with Crippen molar-refractivity contribution in [2.45, 2.75) is 59.3 Å². The molecule has 1 atom stereocenters. The van der Waals surface area contributed by atoms with Gasteiger partial charge in [0, 0.05) is 0 Å². The van der Waals surface area contributed by atoms with Crippen LogP contribution >= 0.6 is 0 Å². The van der Waals surface area contributed by atoms with E-state index in [1.807, 2.05) is 0 Å². The van der Waals surface area contributed by atoms with Crippen molar-refractivity contribution >= 4 is 0 Å². The Morgan fingerprint density at radius 2 is 1.64 bits per heavy atom. The molecule has 0 aliphatic rings. The van der Waals surface area contributed by atoms with Crippen molar-refractivity contribution in [1.82, 2.24) is 4.90 Å². The molecule has 0 radical (unpaired) electrons. The minimum absolute atomic E-state index is 0.911. The first kappa shape index (κ1) is 14.0. The Hall–Kier alpha value is -0.0400. The third-order valence-corrected chi connectivity index (χ3v) is 2.93. The zero-order chi connectivity index (χ0) is 10.8. The van der Waals surface area contributed by atoms with E-state index in [2.05, 4.69) is 32.7 Å². The van der Waals surface area contributed by atoms with Gasteiger partial charge in [0.15, 0.2) is 0 Å². The fourth-order valence-corrected chi connectivity index (χ4v) is 1.82. The van der Waals surface area contributed by atoms with Crippen molar-refractivity contribution in [2.75, 3.05) is 20.1 Å². The van der Waals surface area contributed by atoms with Gasteiger partial charge >= 0.3 is 0 Å². The number of unbranched alkanes of at least 4 members (excludes halogenated alkanes) is 2. The summed E-state index contributed by atoms with van der Waals surface area (Å²) in [6.45, 7) is 9.49. The average Bonchev–Trinajstić information content (AvgIpc) is 2.16.